The van der Waals surface area contributed by atoms with Crippen LogP contribution in [0.15, 0.2) is 53.5 Å². The van der Waals surface area contributed by atoms with E-state index in [0.29, 0.717) is 25.5 Å². The van der Waals surface area contributed by atoms with Gasteiger partial charge in [0.05, 0.1) is 18.8 Å². The summed E-state index contributed by atoms with van der Waals surface area (Å²) in [5, 5.41) is 13.5. The number of phenolic OH excluding ortho intramolecular Hbond substituents is 1. The number of aromatic hydroxyl groups is 1. The lowest BCUT2D eigenvalue weighted by molar-refractivity contribution is 0.146. The highest BCUT2D eigenvalue weighted by atomic mass is 16.5. The van der Waals surface area contributed by atoms with Gasteiger partial charge < -0.3 is 29.7 Å². The highest BCUT2D eigenvalue weighted by molar-refractivity contribution is 5.80. The second-order valence-electron chi connectivity index (χ2n) is 7.12. The van der Waals surface area contributed by atoms with Crippen molar-refractivity contribution in [3.8, 4) is 11.5 Å². The first-order valence-corrected chi connectivity index (χ1v) is 10.5. The average Bonchev–Trinajstić information content (AvgIpc) is 2.78. The predicted molar refractivity (Wildman–Crippen MR) is 121 cm³/mol. The summed E-state index contributed by atoms with van der Waals surface area (Å²) in [6, 6.07) is 15.5. The van der Waals surface area contributed by atoms with Gasteiger partial charge in [0.25, 0.3) is 0 Å². The van der Waals surface area contributed by atoms with E-state index in [9.17, 15) is 5.11 Å². The van der Waals surface area contributed by atoms with E-state index >= 15 is 0 Å². The lowest BCUT2D eigenvalue weighted by atomic mass is 10.2. The SMILES string of the molecule is CCNC(=NCc1ccc(OCCOC)cc1)N1CCN(c2ccccc2O)CC1. The highest BCUT2D eigenvalue weighted by Crippen LogP contribution is 2.27. The summed E-state index contributed by atoms with van der Waals surface area (Å²) in [6.07, 6.45) is 0. The van der Waals surface area contributed by atoms with Gasteiger partial charge in [0.1, 0.15) is 18.1 Å². The number of hydrogen-bond donors (Lipinski definition) is 2. The summed E-state index contributed by atoms with van der Waals surface area (Å²) in [7, 11) is 1.66. The molecule has 2 N–H and O–H groups in total. The number of guanidine groups is 1. The molecule has 7 nitrogen and oxygen atoms in total. The summed E-state index contributed by atoms with van der Waals surface area (Å²) in [4.78, 5) is 9.33. The molecule has 2 aromatic rings. The van der Waals surface area contributed by atoms with Gasteiger partial charge in [0, 0.05) is 39.8 Å². The lowest BCUT2D eigenvalue weighted by Gasteiger charge is -2.37. The fourth-order valence-corrected chi connectivity index (χ4v) is 3.42. The maximum absolute atomic E-state index is 10.1. The number of rotatable bonds is 8. The van der Waals surface area contributed by atoms with Gasteiger partial charge in [-0.2, -0.15) is 0 Å². The van der Waals surface area contributed by atoms with Gasteiger partial charge in [0.15, 0.2) is 5.96 Å². The summed E-state index contributed by atoms with van der Waals surface area (Å²) < 4.78 is 10.6. The van der Waals surface area contributed by atoms with Crippen molar-refractivity contribution in [1.82, 2.24) is 10.2 Å². The number of benzene rings is 2. The van der Waals surface area contributed by atoms with Crippen molar-refractivity contribution in [1.29, 1.82) is 0 Å². The van der Waals surface area contributed by atoms with Crippen LogP contribution in [0.2, 0.25) is 0 Å². The van der Waals surface area contributed by atoms with Gasteiger partial charge in [-0.15, -0.1) is 0 Å². The van der Waals surface area contributed by atoms with E-state index in [2.05, 4.69) is 22.0 Å². The number of piperazine rings is 1. The van der Waals surface area contributed by atoms with Crippen LogP contribution in [0.4, 0.5) is 5.69 Å². The Morgan fingerprint density at radius 1 is 1.03 bits per heavy atom. The molecule has 0 aromatic heterocycles. The molecule has 0 radical (unpaired) electrons. The number of nitrogens with zero attached hydrogens (tertiary/aromatic N) is 3. The maximum Gasteiger partial charge on any atom is 0.194 e. The first-order valence-electron chi connectivity index (χ1n) is 10.5. The van der Waals surface area contributed by atoms with E-state index in [-0.39, 0.29) is 0 Å². The number of phenols is 1. The third kappa shape index (κ3) is 6.03. The van der Waals surface area contributed by atoms with E-state index in [1.165, 1.54) is 0 Å². The summed E-state index contributed by atoms with van der Waals surface area (Å²) in [5.74, 6) is 2.10. The molecule has 162 valence electrons. The third-order valence-corrected chi connectivity index (χ3v) is 5.03. The van der Waals surface area contributed by atoms with Crippen LogP contribution in [0.1, 0.15) is 12.5 Å². The van der Waals surface area contributed by atoms with Crippen LogP contribution in [0.5, 0.6) is 11.5 Å². The van der Waals surface area contributed by atoms with E-state index in [0.717, 1.165) is 55.7 Å². The first kappa shape index (κ1) is 21.8. The number of anilines is 1. The average molecular weight is 413 g/mol. The molecule has 0 atom stereocenters. The molecule has 7 heteroatoms. The smallest absolute Gasteiger partial charge is 0.194 e. The molecule has 2 aromatic carbocycles. The van der Waals surface area contributed by atoms with E-state index in [1.807, 2.05) is 42.5 Å². The number of hydrogen-bond acceptors (Lipinski definition) is 5. The molecule has 0 saturated carbocycles. The Bertz CT molecular complexity index is 802. The zero-order chi connectivity index (χ0) is 21.2. The Morgan fingerprint density at radius 2 is 1.77 bits per heavy atom. The van der Waals surface area contributed by atoms with E-state index < -0.39 is 0 Å². The monoisotopic (exact) mass is 412 g/mol. The number of para-hydroxylation sites is 2. The normalized spacial score (nSPS) is 14.7. The van der Waals surface area contributed by atoms with Gasteiger partial charge in [-0.3, -0.25) is 0 Å². The minimum atomic E-state index is 0.334. The fraction of sp³-hybridized carbons (Fsp3) is 0.435. The fourth-order valence-electron chi connectivity index (χ4n) is 3.42. The lowest BCUT2D eigenvalue weighted by Crippen LogP contribution is -2.52. The topological polar surface area (TPSA) is 69.6 Å². The van der Waals surface area contributed by atoms with Crippen molar-refractivity contribution in [2.75, 3.05) is 57.9 Å². The molecule has 0 unspecified atom stereocenters. The van der Waals surface area contributed by atoms with Crippen molar-refractivity contribution in [2.45, 2.75) is 13.5 Å². The van der Waals surface area contributed by atoms with Crippen LogP contribution in [0.3, 0.4) is 0 Å². The molecule has 0 bridgehead atoms. The molecule has 1 fully saturated rings. The number of aliphatic imine (C=N–C) groups is 1. The number of ether oxygens (including phenoxy) is 2. The van der Waals surface area contributed by atoms with E-state index in [1.54, 1.807) is 13.2 Å². The molecule has 1 aliphatic rings. The third-order valence-electron chi connectivity index (χ3n) is 5.03. The standard InChI is InChI=1S/C23H32N4O3/c1-3-24-23(25-18-19-8-10-20(11-9-19)30-17-16-29-2)27-14-12-26(13-15-27)21-6-4-5-7-22(21)28/h4-11,28H,3,12-18H2,1-2H3,(H,24,25). The Labute approximate surface area is 178 Å². The number of nitrogens with one attached hydrogen (secondary N) is 1. The zero-order valence-electron chi connectivity index (χ0n) is 17.9. The van der Waals surface area contributed by atoms with Crippen molar-refractivity contribution in [2.24, 2.45) is 4.99 Å². The van der Waals surface area contributed by atoms with Crippen LogP contribution in [0, 0.1) is 0 Å². The van der Waals surface area contributed by atoms with Crippen molar-refractivity contribution in [3.05, 3.63) is 54.1 Å². The Kier molecular flexibility index (Phi) is 8.20. The summed E-state index contributed by atoms with van der Waals surface area (Å²) in [6.45, 7) is 8.04. The molecule has 0 aliphatic carbocycles. The molecule has 0 amide bonds. The van der Waals surface area contributed by atoms with Gasteiger partial charge >= 0.3 is 0 Å². The van der Waals surface area contributed by atoms with Gasteiger partial charge in [0.2, 0.25) is 0 Å². The van der Waals surface area contributed by atoms with Gasteiger partial charge in [-0.25, -0.2) is 4.99 Å². The number of methoxy groups -OCH3 is 1. The molecular weight excluding hydrogens is 380 g/mol. The molecule has 1 saturated heterocycles. The molecule has 1 aliphatic heterocycles. The van der Waals surface area contributed by atoms with Crippen molar-refractivity contribution >= 4 is 11.6 Å². The minimum Gasteiger partial charge on any atom is -0.506 e. The summed E-state index contributed by atoms with van der Waals surface area (Å²) >= 11 is 0. The molecule has 3 rings (SSSR count). The van der Waals surface area contributed by atoms with Gasteiger partial charge in [-0.1, -0.05) is 24.3 Å². The predicted octanol–water partition coefficient (Wildman–Crippen LogP) is 2.71. The maximum atomic E-state index is 10.1. The van der Waals surface area contributed by atoms with Crippen LogP contribution >= 0.6 is 0 Å². The van der Waals surface area contributed by atoms with Crippen LogP contribution in [-0.2, 0) is 11.3 Å². The summed E-state index contributed by atoms with van der Waals surface area (Å²) in [5.41, 5.74) is 2.03. The Morgan fingerprint density at radius 3 is 2.43 bits per heavy atom. The van der Waals surface area contributed by atoms with Crippen molar-refractivity contribution < 1.29 is 14.6 Å². The Balaban J connectivity index is 1.56. The second-order valence-corrected chi connectivity index (χ2v) is 7.12. The second kappa shape index (κ2) is 11.3. The molecule has 30 heavy (non-hydrogen) atoms. The molecule has 1 heterocycles. The Hall–Kier alpha value is -2.93. The van der Waals surface area contributed by atoms with Crippen LogP contribution in [0.25, 0.3) is 0 Å². The largest absolute Gasteiger partial charge is 0.506 e. The van der Waals surface area contributed by atoms with Crippen LogP contribution < -0.4 is 15.0 Å². The first-order chi connectivity index (χ1) is 14.7. The molecular formula is C23H32N4O3. The van der Waals surface area contributed by atoms with Gasteiger partial charge in [-0.05, 0) is 36.8 Å². The van der Waals surface area contributed by atoms with Crippen molar-refractivity contribution in [3.63, 3.8) is 0 Å². The highest BCUT2D eigenvalue weighted by Gasteiger charge is 2.21. The van der Waals surface area contributed by atoms with E-state index in [4.69, 9.17) is 14.5 Å². The quantitative estimate of drug-likeness (QED) is 0.395. The van der Waals surface area contributed by atoms with Crippen LogP contribution in [-0.4, -0.2) is 69.0 Å². The zero-order valence-corrected chi connectivity index (χ0v) is 17.9. The minimum absolute atomic E-state index is 0.334. The molecule has 0 spiro atoms.